The van der Waals surface area contributed by atoms with Gasteiger partial charge >= 0.3 is 0 Å². The maximum atomic E-state index is 8.27. The molecule has 0 amide bonds. The summed E-state index contributed by atoms with van der Waals surface area (Å²) in [4.78, 5) is 7.88. The second-order valence-corrected chi connectivity index (χ2v) is 13.9. The summed E-state index contributed by atoms with van der Waals surface area (Å²) in [7, 11) is 0. The van der Waals surface area contributed by atoms with Crippen molar-refractivity contribution in [1.29, 1.82) is 0 Å². The number of hydrogen-bond donors (Lipinski definition) is 0. The molecule has 0 aliphatic heterocycles. The van der Waals surface area contributed by atoms with Crippen LogP contribution in [0.5, 0.6) is 0 Å². The van der Waals surface area contributed by atoms with Gasteiger partial charge in [-0.3, -0.25) is 0 Å². The summed E-state index contributed by atoms with van der Waals surface area (Å²) in [5.41, 5.74) is 12.6. The summed E-state index contributed by atoms with van der Waals surface area (Å²) < 4.78 is 6.89. The maximum Gasteiger partial charge on any atom is 0.211 e. The Hall–Kier alpha value is -7.86. The molecular formula is C50H29N5. The summed E-state index contributed by atoms with van der Waals surface area (Å²) in [6, 6.07) is 61.3. The van der Waals surface area contributed by atoms with Gasteiger partial charge in [0.2, 0.25) is 5.69 Å². The molecule has 0 unspecified atom stereocenters. The zero-order valence-corrected chi connectivity index (χ0v) is 29.5. The van der Waals surface area contributed by atoms with Crippen molar-refractivity contribution >= 4 is 76.8 Å². The molecule has 55 heavy (non-hydrogen) atoms. The van der Waals surface area contributed by atoms with E-state index in [1.807, 2.05) is 24.3 Å². The summed E-state index contributed by atoms with van der Waals surface area (Å²) in [6.45, 7) is 16.1. The molecule has 3 aromatic heterocycles. The molecule has 0 bridgehead atoms. The second kappa shape index (κ2) is 11.8. The van der Waals surface area contributed by atoms with E-state index in [0.717, 1.165) is 82.8 Å². The lowest BCUT2D eigenvalue weighted by atomic mass is 10.0. The molecule has 0 spiro atoms. The van der Waals surface area contributed by atoms with E-state index in [1.54, 1.807) is 0 Å². The Kier molecular flexibility index (Phi) is 6.61. The van der Waals surface area contributed by atoms with Crippen molar-refractivity contribution in [2.75, 3.05) is 0 Å². The first kappa shape index (κ1) is 30.7. The number of rotatable bonds is 4. The standard InChI is InChI=1S/C50H29N5/c1-51-33-25-27-48-41(30-33)42-31-35(54-44-21-7-3-15-37(44)38-16-4-8-22-45(38)54)26-28-49(42)53(48)34-14-11-13-32(29-34)36-19-12-20-43(52-2)50(36)55-46-23-9-5-17-39(46)40-18-6-10-24-47(40)55/h3-31H. The summed E-state index contributed by atoms with van der Waals surface area (Å²) in [6.07, 6.45) is 0. The highest BCUT2D eigenvalue weighted by Gasteiger charge is 2.21. The van der Waals surface area contributed by atoms with Crippen LogP contribution in [0.25, 0.3) is 103 Å². The van der Waals surface area contributed by atoms with Crippen LogP contribution in [-0.4, -0.2) is 13.7 Å². The molecule has 11 rings (SSSR count). The Labute approximate surface area is 316 Å². The molecule has 0 atom stereocenters. The number of benzene rings is 8. The molecular weight excluding hydrogens is 671 g/mol. The molecule has 5 heteroatoms. The minimum absolute atomic E-state index is 0.593. The lowest BCUT2D eigenvalue weighted by Gasteiger charge is -2.17. The first-order chi connectivity index (χ1) is 27.2. The van der Waals surface area contributed by atoms with Gasteiger partial charge in [0.1, 0.15) is 0 Å². The van der Waals surface area contributed by atoms with Crippen molar-refractivity contribution in [2.24, 2.45) is 0 Å². The third kappa shape index (κ3) is 4.45. The molecule has 5 nitrogen and oxygen atoms in total. The predicted octanol–water partition coefficient (Wildman–Crippen LogP) is 13.7. The van der Waals surface area contributed by atoms with Crippen LogP contribution in [0, 0.1) is 13.1 Å². The van der Waals surface area contributed by atoms with Crippen LogP contribution in [0.15, 0.2) is 176 Å². The third-order valence-electron chi connectivity index (χ3n) is 11.1. The van der Waals surface area contributed by atoms with E-state index in [9.17, 15) is 0 Å². The van der Waals surface area contributed by atoms with Gasteiger partial charge in [0.25, 0.3) is 0 Å². The van der Waals surface area contributed by atoms with Gasteiger partial charge in [-0.2, -0.15) is 0 Å². The van der Waals surface area contributed by atoms with Crippen LogP contribution in [0.1, 0.15) is 0 Å². The average Bonchev–Trinajstić information content (AvgIpc) is 3.88. The average molecular weight is 700 g/mol. The number of nitrogens with zero attached hydrogens (tertiary/aromatic N) is 5. The highest BCUT2D eigenvalue weighted by molar-refractivity contribution is 6.13. The van der Waals surface area contributed by atoms with Crippen LogP contribution >= 0.6 is 0 Å². The molecule has 0 radical (unpaired) electrons. The molecule has 0 fully saturated rings. The maximum absolute atomic E-state index is 8.27. The molecule has 254 valence electrons. The van der Waals surface area contributed by atoms with Crippen LogP contribution in [0.3, 0.4) is 0 Å². The van der Waals surface area contributed by atoms with Gasteiger partial charge in [-0.15, -0.1) is 0 Å². The minimum atomic E-state index is 0.593. The number of aromatic nitrogens is 3. The highest BCUT2D eigenvalue weighted by atomic mass is 15.0. The Morgan fingerprint density at radius 2 is 0.836 bits per heavy atom. The molecule has 0 aliphatic carbocycles. The van der Waals surface area contributed by atoms with Crippen LogP contribution in [0.4, 0.5) is 11.4 Å². The van der Waals surface area contributed by atoms with Crippen molar-refractivity contribution in [3.8, 4) is 28.2 Å². The Bertz CT molecular complexity index is 3360. The van der Waals surface area contributed by atoms with Gasteiger partial charge in [-0.25, -0.2) is 9.69 Å². The van der Waals surface area contributed by atoms with E-state index < -0.39 is 0 Å². The fraction of sp³-hybridized carbons (Fsp3) is 0. The Morgan fingerprint density at radius 3 is 1.42 bits per heavy atom. The summed E-state index contributed by atoms with van der Waals surface area (Å²) in [5.74, 6) is 0. The van der Waals surface area contributed by atoms with E-state index in [2.05, 4.69) is 175 Å². The second-order valence-electron chi connectivity index (χ2n) is 13.9. The van der Waals surface area contributed by atoms with Gasteiger partial charge in [0, 0.05) is 38.3 Å². The number of hydrogen-bond acceptors (Lipinski definition) is 0. The molecule has 11 aromatic rings. The van der Waals surface area contributed by atoms with Gasteiger partial charge < -0.3 is 13.7 Å². The smallest absolute Gasteiger partial charge is 0.211 e. The highest BCUT2D eigenvalue weighted by Crippen LogP contribution is 2.43. The van der Waals surface area contributed by atoms with Gasteiger partial charge in [0.05, 0.1) is 51.9 Å². The normalized spacial score (nSPS) is 11.6. The van der Waals surface area contributed by atoms with Crippen LogP contribution in [0.2, 0.25) is 0 Å². The fourth-order valence-electron chi connectivity index (χ4n) is 8.75. The molecule has 8 aromatic carbocycles. The van der Waals surface area contributed by atoms with E-state index in [1.165, 1.54) is 10.8 Å². The molecule has 0 aliphatic rings. The topological polar surface area (TPSA) is 23.5 Å². The third-order valence-corrected chi connectivity index (χ3v) is 11.1. The van der Waals surface area contributed by atoms with Crippen molar-refractivity contribution in [1.82, 2.24) is 13.7 Å². The fourth-order valence-corrected chi connectivity index (χ4v) is 8.75. The first-order valence-electron chi connectivity index (χ1n) is 18.3. The monoisotopic (exact) mass is 699 g/mol. The Morgan fingerprint density at radius 1 is 0.345 bits per heavy atom. The largest absolute Gasteiger partial charge is 0.318 e. The summed E-state index contributed by atoms with van der Waals surface area (Å²) in [5, 5.41) is 6.85. The first-order valence-corrected chi connectivity index (χ1v) is 18.3. The van der Waals surface area contributed by atoms with Crippen LogP contribution < -0.4 is 0 Å². The number of para-hydroxylation sites is 5. The molecule has 0 saturated heterocycles. The molecule has 0 N–H and O–H groups in total. The zero-order valence-electron chi connectivity index (χ0n) is 29.5. The van der Waals surface area contributed by atoms with Gasteiger partial charge in [-0.05, 0) is 83.2 Å². The Balaban J connectivity index is 1.15. The summed E-state index contributed by atoms with van der Waals surface area (Å²) >= 11 is 0. The SMILES string of the molecule is [C-]#[N+]c1ccc2c(c1)c1cc(-n3c4ccccc4c4ccccc43)ccc1n2-c1cccc(-c2cccc([N+]#[C-])c2-n2c3ccccc3c3ccccc32)c1. The van der Waals surface area contributed by atoms with E-state index in [0.29, 0.717) is 11.4 Å². The van der Waals surface area contributed by atoms with Crippen molar-refractivity contribution in [3.63, 3.8) is 0 Å². The van der Waals surface area contributed by atoms with Crippen molar-refractivity contribution in [2.45, 2.75) is 0 Å². The van der Waals surface area contributed by atoms with E-state index in [-0.39, 0.29) is 0 Å². The van der Waals surface area contributed by atoms with Crippen LogP contribution in [-0.2, 0) is 0 Å². The van der Waals surface area contributed by atoms with E-state index >= 15 is 0 Å². The van der Waals surface area contributed by atoms with Crippen molar-refractivity contribution < 1.29 is 0 Å². The molecule has 3 heterocycles. The lowest BCUT2D eigenvalue weighted by molar-refractivity contribution is 1.16. The van der Waals surface area contributed by atoms with E-state index in [4.69, 9.17) is 13.1 Å². The van der Waals surface area contributed by atoms with Gasteiger partial charge in [-0.1, -0.05) is 109 Å². The quantitative estimate of drug-likeness (QED) is 0.163. The number of fused-ring (bicyclic) bond motifs is 9. The molecule has 0 saturated carbocycles. The predicted molar refractivity (Wildman–Crippen MR) is 227 cm³/mol. The lowest BCUT2D eigenvalue weighted by Crippen LogP contribution is -1.99. The van der Waals surface area contributed by atoms with Gasteiger partial charge in [0.15, 0.2) is 5.69 Å². The van der Waals surface area contributed by atoms with Crippen molar-refractivity contribution in [3.05, 3.63) is 199 Å². The minimum Gasteiger partial charge on any atom is -0.318 e. The zero-order chi connectivity index (χ0) is 36.6.